The highest BCUT2D eigenvalue weighted by Gasteiger charge is 2.14. The van der Waals surface area contributed by atoms with Gasteiger partial charge in [0.15, 0.2) is 0 Å². The van der Waals surface area contributed by atoms with E-state index in [-0.39, 0.29) is 24.9 Å². The van der Waals surface area contributed by atoms with E-state index in [0.29, 0.717) is 19.0 Å². The molecule has 1 aromatic rings. The maximum Gasteiger partial charge on any atom is 0.238 e. The van der Waals surface area contributed by atoms with E-state index in [1.165, 1.54) is 5.56 Å². The Labute approximate surface area is 146 Å². The number of carbonyl (C=O) groups excluding carboxylic acids is 2. The van der Waals surface area contributed by atoms with Gasteiger partial charge in [0.25, 0.3) is 0 Å². The van der Waals surface area contributed by atoms with Gasteiger partial charge in [-0.3, -0.25) is 14.5 Å². The van der Waals surface area contributed by atoms with Crippen molar-refractivity contribution in [1.82, 2.24) is 9.80 Å². The van der Waals surface area contributed by atoms with Gasteiger partial charge in [-0.15, -0.1) is 0 Å². The zero-order valence-electron chi connectivity index (χ0n) is 15.6. The summed E-state index contributed by atoms with van der Waals surface area (Å²) >= 11 is 0. The fourth-order valence-electron chi connectivity index (χ4n) is 2.54. The summed E-state index contributed by atoms with van der Waals surface area (Å²) in [6.45, 7) is 10.1. The molecule has 0 saturated carbocycles. The Balaban J connectivity index is 2.49. The molecule has 5 nitrogen and oxygen atoms in total. The van der Waals surface area contributed by atoms with Gasteiger partial charge >= 0.3 is 0 Å². The zero-order valence-corrected chi connectivity index (χ0v) is 15.6. The van der Waals surface area contributed by atoms with Crippen LogP contribution in [0.2, 0.25) is 0 Å². The molecule has 1 rings (SSSR count). The van der Waals surface area contributed by atoms with Gasteiger partial charge < -0.3 is 10.2 Å². The lowest BCUT2D eigenvalue weighted by Gasteiger charge is -2.22. The van der Waals surface area contributed by atoms with Crippen molar-refractivity contribution in [3.8, 4) is 0 Å². The summed E-state index contributed by atoms with van der Waals surface area (Å²) in [6, 6.07) is 7.97. The van der Waals surface area contributed by atoms with E-state index in [0.717, 1.165) is 12.1 Å². The average Bonchev–Trinajstić information content (AvgIpc) is 2.55. The van der Waals surface area contributed by atoms with Gasteiger partial charge in [-0.2, -0.15) is 0 Å². The van der Waals surface area contributed by atoms with Crippen LogP contribution in [0, 0.1) is 0 Å². The summed E-state index contributed by atoms with van der Waals surface area (Å²) in [5, 5.41) is 2.88. The van der Waals surface area contributed by atoms with Crippen molar-refractivity contribution in [2.75, 3.05) is 38.5 Å². The Morgan fingerprint density at radius 1 is 1.04 bits per heavy atom. The van der Waals surface area contributed by atoms with Gasteiger partial charge in [0.05, 0.1) is 13.1 Å². The summed E-state index contributed by atoms with van der Waals surface area (Å²) in [4.78, 5) is 27.7. The van der Waals surface area contributed by atoms with Gasteiger partial charge in [-0.05, 0) is 50.9 Å². The maximum atomic E-state index is 12.1. The van der Waals surface area contributed by atoms with E-state index >= 15 is 0 Å². The van der Waals surface area contributed by atoms with Gasteiger partial charge in [0.1, 0.15) is 0 Å². The number of hydrogen-bond acceptors (Lipinski definition) is 3. The van der Waals surface area contributed by atoms with E-state index < -0.39 is 0 Å². The summed E-state index contributed by atoms with van der Waals surface area (Å²) in [7, 11) is 1.78. The highest BCUT2D eigenvalue weighted by molar-refractivity contribution is 5.92. The van der Waals surface area contributed by atoms with E-state index in [9.17, 15) is 9.59 Å². The molecule has 0 aliphatic rings. The Bertz CT molecular complexity index is 524. The molecule has 0 aromatic heterocycles. The fraction of sp³-hybridized carbons (Fsp3) is 0.579. The molecular formula is C19H31N3O2. The molecule has 5 heteroatoms. The lowest BCUT2D eigenvalue weighted by atomic mass is 9.99. The predicted molar refractivity (Wildman–Crippen MR) is 99.2 cm³/mol. The molecule has 1 atom stereocenters. The minimum absolute atomic E-state index is 0.0493. The molecule has 0 spiro atoms. The minimum atomic E-state index is -0.110. The van der Waals surface area contributed by atoms with E-state index in [1.54, 1.807) is 16.8 Å². The molecule has 0 aliphatic heterocycles. The SMILES string of the molecule is CC[C@@H](C)c1ccc(NC(=O)CN(C)CC(=O)N(CC)CC)cc1. The Morgan fingerprint density at radius 3 is 2.12 bits per heavy atom. The van der Waals surface area contributed by atoms with Crippen molar-refractivity contribution in [3.63, 3.8) is 0 Å². The lowest BCUT2D eigenvalue weighted by molar-refractivity contribution is -0.132. The van der Waals surface area contributed by atoms with E-state index in [4.69, 9.17) is 0 Å². The van der Waals surface area contributed by atoms with Crippen LogP contribution in [0.15, 0.2) is 24.3 Å². The number of nitrogens with one attached hydrogen (secondary N) is 1. The lowest BCUT2D eigenvalue weighted by Crippen LogP contribution is -2.41. The second-order valence-electron chi connectivity index (χ2n) is 6.22. The number of anilines is 1. The standard InChI is InChI=1S/C19H31N3O2/c1-6-15(4)16-9-11-17(12-10-16)20-18(23)13-21(5)14-19(24)22(7-2)8-3/h9-12,15H,6-8,13-14H2,1-5H3,(H,20,23)/t15-/m1/s1. The minimum Gasteiger partial charge on any atom is -0.342 e. The molecule has 0 radical (unpaired) electrons. The second kappa shape index (κ2) is 10.1. The molecule has 0 unspecified atom stereocenters. The van der Waals surface area contributed by atoms with Gasteiger partial charge in [0.2, 0.25) is 11.8 Å². The maximum absolute atomic E-state index is 12.1. The number of amides is 2. The molecule has 0 saturated heterocycles. The van der Waals surface area contributed by atoms with Crippen LogP contribution in [0.25, 0.3) is 0 Å². The van der Waals surface area contributed by atoms with Gasteiger partial charge in [0, 0.05) is 18.8 Å². The first kappa shape index (κ1) is 20.2. The van der Waals surface area contributed by atoms with E-state index in [1.807, 2.05) is 26.0 Å². The van der Waals surface area contributed by atoms with Crippen LogP contribution in [0.5, 0.6) is 0 Å². The third-order valence-electron chi connectivity index (χ3n) is 4.31. The number of likely N-dealkylation sites (N-methyl/N-ethyl adjacent to an activating group) is 2. The third kappa shape index (κ3) is 6.32. The zero-order chi connectivity index (χ0) is 18.1. The average molecular weight is 333 g/mol. The molecule has 0 aliphatic carbocycles. The van der Waals surface area contributed by atoms with Crippen LogP contribution in [-0.2, 0) is 9.59 Å². The van der Waals surface area contributed by atoms with Crippen molar-refractivity contribution in [2.45, 2.75) is 40.0 Å². The predicted octanol–water partition coefficient (Wildman–Crippen LogP) is 2.94. The molecule has 0 fully saturated rings. The highest BCUT2D eigenvalue weighted by Crippen LogP contribution is 2.20. The highest BCUT2D eigenvalue weighted by atomic mass is 16.2. The molecule has 1 N–H and O–H groups in total. The van der Waals surface area contributed by atoms with Crippen molar-refractivity contribution >= 4 is 17.5 Å². The number of rotatable bonds is 9. The summed E-state index contributed by atoms with van der Waals surface area (Å²) in [5.74, 6) is 0.460. The molecular weight excluding hydrogens is 302 g/mol. The van der Waals surface area contributed by atoms with Crippen molar-refractivity contribution < 1.29 is 9.59 Å². The first-order valence-electron chi connectivity index (χ1n) is 8.77. The summed E-state index contributed by atoms with van der Waals surface area (Å²) < 4.78 is 0. The molecule has 2 amide bonds. The number of hydrogen-bond donors (Lipinski definition) is 1. The Kier molecular flexibility index (Phi) is 8.47. The van der Waals surface area contributed by atoms with Crippen LogP contribution in [0.1, 0.15) is 45.6 Å². The van der Waals surface area contributed by atoms with Crippen molar-refractivity contribution in [2.24, 2.45) is 0 Å². The molecule has 0 heterocycles. The normalized spacial score (nSPS) is 12.1. The Morgan fingerprint density at radius 2 is 1.62 bits per heavy atom. The third-order valence-corrected chi connectivity index (χ3v) is 4.31. The first-order chi connectivity index (χ1) is 11.4. The van der Waals surface area contributed by atoms with Crippen LogP contribution in [0.4, 0.5) is 5.69 Å². The Hall–Kier alpha value is -1.88. The van der Waals surface area contributed by atoms with E-state index in [2.05, 4.69) is 31.3 Å². The smallest absolute Gasteiger partial charge is 0.238 e. The quantitative estimate of drug-likeness (QED) is 0.756. The fourth-order valence-corrected chi connectivity index (χ4v) is 2.54. The molecule has 134 valence electrons. The van der Waals surface area contributed by atoms with Crippen LogP contribution in [-0.4, -0.2) is 54.8 Å². The molecule has 24 heavy (non-hydrogen) atoms. The summed E-state index contributed by atoms with van der Waals surface area (Å²) in [5.41, 5.74) is 2.06. The number of benzene rings is 1. The van der Waals surface area contributed by atoms with Gasteiger partial charge in [-0.25, -0.2) is 0 Å². The number of nitrogens with zero attached hydrogens (tertiary/aromatic N) is 2. The van der Waals surface area contributed by atoms with Crippen molar-refractivity contribution in [1.29, 1.82) is 0 Å². The molecule has 0 bridgehead atoms. The topological polar surface area (TPSA) is 52.7 Å². The monoisotopic (exact) mass is 333 g/mol. The van der Waals surface area contributed by atoms with Crippen LogP contribution < -0.4 is 5.32 Å². The van der Waals surface area contributed by atoms with Gasteiger partial charge in [-0.1, -0.05) is 26.0 Å². The van der Waals surface area contributed by atoms with Crippen LogP contribution >= 0.6 is 0 Å². The summed E-state index contributed by atoms with van der Waals surface area (Å²) in [6.07, 6.45) is 1.09. The van der Waals surface area contributed by atoms with Crippen LogP contribution in [0.3, 0.4) is 0 Å². The first-order valence-corrected chi connectivity index (χ1v) is 8.77. The van der Waals surface area contributed by atoms with Crippen molar-refractivity contribution in [3.05, 3.63) is 29.8 Å². The second-order valence-corrected chi connectivity index (χ2v) is 6.22. The molecule has 1 aromatic carbocycles. The largest absolute Gasteiger partial charge is 0.342 e. The number of carbonyl (C=O) groups is 2.